The van der Waals surface area contributed by atoms with Crippen molar-refractivity contribution in [2.45, 2.75) is 50.4 Å². The molecule has 2 aliphatic carbocycles. The van der Waals surface area contributed by atoms with Gasteiger partial charge in [0, 0.05) is 24.2 Å². The molecular weight excluding hydrogens is 560 g/mol. The molecule has 6 rings (SSSR count). The molecule has 0 amide bonds. The van der Waals surface area contributed by atoms with E-state index in [0.29, 0.717) is 29.7 Å². The summed E-state index contributed by atoms with van der Waals surface area (Å²) in [6.07, 6.45) is 0.916. The summed E-state index contributed by atoms with van der Waals surface area (Å²) >= 11 is 0. The van der Waals surface area contributed by atoms with Crippen LogP contribution >= 0.6 is 0 Å². The summed E-state index contributed by atoms with van der Waals surface area (Å²) in [5, 5.41) is 0. The monoisotopic (exact) mass is 584 g/mol. The van der Waals surface area contributed by atoms with Crippen molar-refractivity contribution >= 4 is 5.97 Å². The first-order chi connectivity index (χ1) is 20.2. The van der Waals surface area contributed by atoms with Crippen molar-refractivity contribution in [2.24, 2.45) is 0 Å². The molecule has 2 fully saturated rings. The van der Waals surface area contributed by atoms with Gasteiger partial charge in [-0.15, -0.1) is 0 Å². The van der Waals surface area contributed by atoms with Crippen LogP contribution in [-0.2, 0) is 17.5 Å². The van der Waals surface area contributed by atoms with Gasteiger partial charge in [-0.3, -0.25) is 0 Å². The van der Waals surface area contributed by atoms with Gasteiger partial charge in [0.2, 0.25) is 11.8 Å². The van der Waals surface area contributed by atoms with E-state index in [1.54, 1.807) is 0 Å². The lowest BCUT2D eigenvalue weighted by Crippen LogP contribution is -2.10. The molecule has 3 aromatic heterocycles. The van der Waals surface area contributed by atoms with Crippen LogP contribution < -0.4 is 9.47 Å². The first kappa shape index (κ1) is 27.5. The van der Waals surface area contributed by atoms with Crippen LogP contribution in [0.1, 0.15) is 65.1 Å². The molecule has 10 nitrogen and oxygen atoms in total. The van der Waals surface area contributed by atoms with Gasteiger partial charge >= 0.3 is 12.1 Å². The predicted octanol–water partition coefficient (Wildman–Crippen LogP) is 5.54. The van der Waals surface area contributed by atoms with Gasteiger partial charge < -0.3 is 18.8 Å². The van der Waals surface area contributed by atoms with Gasteiger partial charge in [0.15, 0.2) is 17.2 Å². The minimum atomic E-state index is -4.64. The lowest BCUT2D eigenvalue weighted by molar-refractivity contribution is -0.140. The van der Waals surface area contributed by atoms with Gasteiger partial charge in [-0.25, -0.2) is 29.1 Å². The van der Waals surface area contributed by atoms with Crippen LogP contribution in [0, 0.1) is 5.82 Å². The van der Waals surface area contributed by atoms with E-state index in [2.05, 4.69) is 24.9 Å². The van der Waals surface area contributed by atoms with Crippen LogP contribution in [0.5, 0.6) is 11.8 Å². The van der Waals surface area contributed by atoms with E-state index in [4.69, 9.17) is 14.2 Å². The molecule has 2 saturated carbocycles. The van der Waals surface area contributed by atoms with E-state index in [0.717, 1.165) is 25.1 Å². The zero-order valence-electron chi connectivity index (χ0n) is 22.5. The third-order valence-corrected chi connectivity index (χ3v) is 6.94. The van der Waals surface area contributed by atoms with Crippen molar-refractivity contribution in [3.8, 4) is 34.5 Å². The van der Waals surface area contributed by atoms with Crippen LogP contribution in [0.3, 0.4) is 0 Å². The smallest absolute Gasteiger partial charge is 0.434 e. The fraction of sp³-hybridized carbons (Fsp3) is 0.357. The van der Waals surface area contributed by atoms with E-state index >= 15 is 4.39 Å². The molecule has 0 aliphatic heterocycles. The van der Waals surface area contributed by atoms with Crippen molar-refractivity contribution in [1.82, 2.24) is 29.5 Å². The number of methoxy groups -OCH3 is 2. The quantitative estimate of drug-likeness (QED) is 0.185. The molecule has 2 aliphatic rings. The minimum Gasteiger partial charge on any atom is -0.480 e. The second-order valence-electron chi connectivity index (χ2n) is 10.0. The number of nitrogens with zero attached hydrogens (tertiary/aromatic N) is 6. The minimum absolute atomic E-state index is 0.00312. The number of benzene rings is 1. The molecular formula is C28H24F4N6O4. The van der Waals surface area contributed by atoms with E-state index in [1.165, 1.54) is 43.3 Å². The maximum Gasteiger partial charge on any atom is 0.434 e. The Balaban J connectivity index is 1.29. The highest BCUT2D eigenvalue weighted by Gasteiger charge is 2.38. The van der Waals surface area contributed by atoms with Crippen molar-refractivity contribution in [2.75, 3.05) is 14.2 Å². The fourth-order valence-corrected chi connectivity index (χ4v) is 4.58. The maximum absolute atomic E-state index is 15.2. The standard InChI is InChI=1S/C28H24F4N6O4/c1-40-26-22(23(15-4-5-15)33-13-34-26)24-35-19(27(39)41-2)10-21(37-24)42-12-14-3-8-17(18(29)9-14)25-36-20(28(30,31)32)11-38(25)16-6-7-16/h3,8-11,13,15-16H,4-7,12H2,1-2H3. The Bertz CT molecular complexity index is 1670. The Morgan fingerprint density at radius 3 is 2.48 bits per heavy atom. The molecule has 218 valence electrons. The van der Waals surface area contributed by atoms with Crippen molar-refractivity contribution in [3.05, 3.63) is 65.3 Å². The summed E-state index contributed by atoms with van der Waals surface area (Å²) in [6.45, 7) is -0.170. The Morgan fingerprint density at radius 2 is 1.83 bits per heavy atom. The van der Waals surface area contributed by atoms with E-state index in [-0.39, 0.29) is 53.2 Å². The molecule has 0 N–H and O–H groups in total. The Kier molecular flexibility index (Phi) is 6.99. The Labute approximate surface area is 236 Å². The summed E-state index contributed by atoms with van der Waals surface area (Å²) in [6, 6.07) is 5.21. The largest absolute Gasteiger partial charge is 0.480 e. The van der Waals surface area contributed by atoms with E-state index in [1.807, 2.05) is 0 Å². The molecule has 1 aromatic carbocycles. The molecule has 0 radical (unpaired) electrons. The number of carbonyl (C=O) groups is 1. The van der Waals surface area contributed by atoms with Crippen LogP contribution in [0.25, 0.3) is 22.8 Å². The summed E-state index contributed by atoms with van der Waals surface area (Å²) in [5.41, 5.74) is 0.281. The molecule has 3 heterocycles. The third kappa shape index (κ3) is 5.48. The fourth-order valence-electron chi connectivity index (χ4n) is 4.58. The summed E-state index contributed by atoms with van der Waals surface area (Å²) in [5.74, 6) is -1.06. The number of imidazole rings is 1. The molecule has 0 bridgehead atoms. The van der Waals surface area contributed by atoms with Crippen LogP contribution in [0.2, 0.25) is 0 Å². The SMILES string of the molecule is COC(=O)c1cc(OCc2ccc(-c3nc(C(F)(F)F)cn3C3CC3)c(F)c2)nc(-c2c(OC)ncnc2C2CC2)n1. The zero-order chi connectivity index (χ0) is 29.6. The van der Waals surface area contributed by atoms with Crippen molar-refractivity contribution < 1.29 is 36.6 Å². The summed E-state index contributed by atoms with van der Waals surface area (Å²) < 4.78 is 72.6. The molecule has 42 heavy (non-hydrogen) atoms. The topological polar surface area (TPSA) is 114 Å². The average Bonchev–Trinajstić information content (AvgIpc) is 3.92. The highest BCUT2D eigenvalue weighted by molar-refractivity contribution is 5.88. The van der Waals surface area contributed by atoms with Gasteiger partial charge in [0.05, 0.1) is 25.5 Å². The van der Waals surface area contributed by atoms with E-state index in [9.17, 15) is 18.0 Å². The molecule has 0 spiro atoms. The number of ether oxygens (including phenoxy) is 3. The van der Waals surface area contributed by atoms with E-state index < -0.39 is 23.7 Å². The number of alkyl halides is 3. The summed E-state index contributed by atoms with van der Waals surface area (Å²) in [7, 11) is 2.66. The number of rotatable bonds is 9. The highest BCUT2D eigenvalue weighted by atomic mass is 19.4. The zero-order valence-corrected chi connectivity index (χ0v) is 22.5. The lowest BCUT2D eigenvalue weighted by Gasteiger charge is -2.13. The van der Waals surface area contributed by atoms with Gasteiger partial charge in [0.1, 0.15) is 30.1 Å². The number of carbonyl (C=O) groups excluding carboxylic acids is 1. The van der Waals surface area contributed by atoms with Crippen LogP contribution in [-0.4, -0.2) is 49.7 Å². The molecule has 0 atom stereocenters. The lowest BCUT2D eigenvalue weighted by atomic mass is 10.1. The number of halogens is 4. The van der Waals surface area contributed by atoms with Crippen LogP contribution in [0.15, 0.2) is 36.8 Å². The predicted molar refractivity (Wildman–Crippen MR) is 138 cm³/mol. The normalized spacial score (nSPS) is 15.0. The summed E-state index contributed by atoms with van der Waals surface area (Å²) in [4.78, 5) is 33.4. The second-order valence-corrected chi connectivity index (χ2v) is 10.0. The molecule has 0 saturated heterocycles. The van der Waals surface area contributed by atoms with Crippen molar-refractivity contribution in [1.29, 1.82) is 0 Å². The van der Waals surface area contributed by atoms with Crippen molar-refractivity contribution in [3.63, 3.8) is 0 Å². The maximum atomic E-state index is 15.2. The molecule has 0 unspecified atom stereocenters. The first-order valence-electron chi connectivity index (χ1n) is 13.1. The Morgan fingerprint density at radius 1 is 1.05 bits per heavy atom. The average molecular weight is 585 g/mol. The number of aromatic nitrogens is 6. The van der Waals surface area contributed by atoms with Crippen LogP contribution in [0.4, 0.5) is 17.6 Å². The van der Waals surface area contributed by atoms with Gasteiger partial charge in [-0.2, -0.15) is 18.2 Å². The number of esters is 1. The number of hydrogen-bond acceptors (Lipinski definition) is 9. The third-order valence-electron chi connectivity index (χ3n) is 6.94. The number of hydrogen-bond donors (Lipinski definition) is 0. The Hall–Kier alpha value is -4.62. The van der Waals surface area contributed by atoms with Gasteiger partial charge in [-0.05, 0) is 43.4 Å². The molecule has 14 heteroatoms. The highest BCUT2D eigenvalue weighted by Crippen LogP contribution is 2.45. The van der Waals surface area contributed by atoms with Gasteiger partial charge in [-0.1, -0.05) is 6.07 Å². The molecule has 4 aromatic rings. The van der Waals surface area contributed by atoms with Gasteiger partial charge in [0.25, 0.3) is 0 Å². The first-order valence-corrected chi connectivity index (χ1v) is 13.1. The second kappa shape index (κ2) is 10.7.